The minimum atomic E-state index is -5.13. The molecule has 2 heterocycles. The van der Waals surface area contributed by atoms with E-state index in [1.54, 1.807) is 0 Å². The van der Waals surface area contributed by atoms with E-state index in [4.69, 9.17) is 15.5 Å². The Kier molecular flexibility index (Phi) is 5.20. The van der Waals surface area contributed by atoms with Gasteiger partial charge in [-0.3, -0.25) is 18.9 Å². The monoisotopic (exact) mass is 399 g/mol. The number of anilines is 1. The molecule has 0 aliphatic carbocycles. The topological polar surface area (TPSA) is 186 Å². The first kappa shape index (κ1) is 20.4. The molecule has 2 rings (SSSR count). The van der Waals surface area contributed by atoms with Gasteiger partial charge in [0.1, 0.15) is 6.61 Å². The highest BCUT2D eigenvalue weighted by Gasteiger charge is 2.53. The summed E-state index contributed by atoms with van der Waals surface area (Å²) < 4.78 is 49.6. The number of aliphatic hydroxyl groups is 1. The summed E-state index contributed by atoms with van der Waals surface area (Å²) in [6, 6.07) is 0. The molecule has 146 valence electrons. The van der Waals surface area contributed by atoms with Crippen molar-refractivity contribution >= 4 is 24.9 Å². The van der Waals surface area contributed by atoms with E-state index < -0.39 is 43.4 Å². The smallest absolute Gasteiger partial charge is 0.382 e. The number of hydrogen-bond acceptors (Lipinski definition) is 8. The molecule has 0 saturated carbocycles. The molecule has 0 unspecified atom stereocenters. The number of nitrogens with one attached hydrogen (secondary N) is 1. The number of methoxy groups -OCH3 is 1. The number of nitrogen functional groups attached to an aromatic ring is 1. The van der Waals surface area contributed by atoms with Crippen molar-refractivity contribution < 1.29 is 37.5 Å². The van der Waals surface area contributed by atoms with Gasteiger partial charge < -0.3 is 25.4 Å². The number of imidazole rings is 1. The largest absolute Gasteiger partial charge is 0.469 e. The maximum absolute atomic E-state index is 15.3. The van der Waals surface area contributed by atoms with Gasteiger partial charge in [-0.05, 0) is 6.92 Å². The maximum Gasteiger partial charge on any atom is 0.469 e. The summed E-state index contributed by atoms with van der Waals surface area (Å²) in [4.78, 5) is 38.5. The Labute approximate surface area is 143 Å². The number of aliphatic hydroxyl groups excluding tert-OH is 1. The quantitative estimate of drug-likeness (QED) is 0.366. The van der Waals surface area contributed by atoms with Crippen molar-refractivity contribution in [2.45, 2.75) is 24.7 Å². The van der Waals surface area contributed by atoms with Gasteiger partial charge in [-0.15, -0.1) is 0 Å². The van der Waals surface area contributed by atoms with E-state index in [-0.39, 0.29) is 11.5 Å². The lowest BCUT2D eigenvalue weighted by Gasteiger charge is -2.36. The van der Waals surface area contributed by atoms with Crippen LogP contribution in [-0.2, 0) is 19.6 Å². The van der Waals surface area contributed by atoms with E-state index in [0.717, 1.165) is 13.4 Å². The van der Waals surface area contributed by atoms with Gasteiger partial charge in [-0.1, -0.05) is 0 Å². The zero-order valence-electron chi connectivity index (χ0n) is 13.5. The lowest BCUT2D eigenvalue weighted by molar-refractivity contribution is -0.254. The zero-order valence-corrected chi connectivity index (χ0v) is 14.4. The number of aromatic amines is 1. The molecule has 26 heavy (non-hydrogen) atoms. The molecule has 2 aromatic heterocycles. The number of nitrogens with two attached hydrogens (primary N) is 1. The van der Waals surface area contributed by atoms with Crippen molar-refractivity contribution in [3.63, 3.8) is 0 Å². The second-order valence-corrected chi connectivity index (χ2v) is 6.66. The standard InChI is InChI=1S/C11H16F2N5O7P/c1-10(12,8(20)11(13,24-2)3-25-26(21,22)23)18-4-15-5-6(18)16-9(14)17-7(5)19/h4,8,20H,3H2,1-2H3,(H2,21,22,23)(H3,14,16,17,19)/t8-,10-,11+/m0/s1. The average molecular weight is 399 g/mol. The Balaban J connectivity index is 2.48. The Hall–Kier alpha value is -1.96. The summed E-state index contributed by atoms with van der Waals surface area (Å²) in [5, 5.41) is 10.2. The van der Waals surface area contributed by atoms with Crippen LogP contribution < -0.4 is 11.3 Å². The third kappa shape index (κ3) is 3.75. The first-order valence-electron chi connectivity index (χ1n) is 6.86. The minimum Gasteiger partial charge on any atom is -0.382 e. The van der Waals surface area contributed by atoms with Crippen LogP contribution in [0.1, 0.15) is 6.92 Å². The Bertz CT molecular complexity index is 912. The van der Waals surface area contributed by atoms with E-state index in [1.807, 2.05) is 0 Å². The Morgan fingerprint density at radius 3 is 2.65 bits per heavy atom. The summed E-state index contributed by atoms with van der Waals surface area (Å²) in [5.41, 5.74) is 3.86. The van der Waals surface area contributed by atoms with Crippen LogP contribution in [0.3, 0.4) is 0 Å². The predicted molar refractivity (Wildman–Crippen MR) is 82.2 cm³/mol. The maximum atomic E-state index is 15.3. The summed E-state index contributed by atoms with van der Waals surface area (Å²) >= 11 is 0. The van der Waals surface area contributed by atoms with Crippen molar-refractivity contribution in [2.24, 2.45) is 0 Å². The lowest BCUT2D eigenvalue weighted by Crippen LogP contribution is -2.55. The van der Waals surface area contributed by atoms with Crippen LogP contribution >= 0.6 is 7.82 Å². The summed E-state index contributed by atoms with van der Waals surface area (Å²) in [6.07, 6.45) is -1.90. The highest BCUT2D eigenvalue weighted by Crippen LogP contribution is 2.40. The fraction of sp³-hybridized carbons (Fsp3) is 0.545. The van der Waals surface area contributed by atoms with Gasteiger partial charge in [-0.25, -0.2) is 18.3 Å². The summed E-state index contributed by atoms with van der Waals surface area (Å²) in [7, 11) is -4.40. The fourth-order valence-electron chi connectivity index (χ4n) is 2.19. The Morgan fingerprint density at radius 2 is 2.12 bits per heavy atom. The molecule has 0 saturated heterocycles. The molecule has 0 aromatic carbocycles. The third-order valence-electron chi connectivity index (χ3n) is 3.57. The number of hydrogen-bond donors (Lipinski definition) is 5. The van der Waals surface area contributed by atoms with Gasteiger partial charge in [0.15, 0.2) is 17.3 Å². The van der Waals surface area contributed by atoms with Gasteiger partial charge in [0, 0.05) is 7.11 Å². The molecular formula is C11H16F2N5O7P. The van der Waals surface area contributed by atoms with Crippen LogP contribution in [0.4, 0.5) is 14.7 Å². The second-order valence-electron chi connectivity index (χ2n) is 5.42. The third-order valence-corrected chi connectivity index (χ3v) is 4.04. The normalized spacial score (nSPS) is 18.4. The van der Waals surface area contributed by atoms with Gasteiger partial charge in [-0.2, -0.15) is 4.98 Å². The first-order valence-corrected chi connectivity index (χ1v) is 8.39. The summed E-state index contributed by atoms with van der Waals surface area (Å²) in [6.45, 7) is -0.778. The predicted octanol–water partition coefficient (Wildman–Crippen LogP) is -0.874. The van der Waals surface area contributed by atoms with Crippen LogP contribution in [0.5, 0.6) is 0 Å². The van der Waals surface area contributed by atoms with Crippen LogP contribution in [0.2, 0.25) is 0 Å². The number of alkyl halides is 2. The first-order chi connectivity index (χ1) is 11.8. The molecule has 0 spiro atoms. The van der Waals surface area contributed by atoms with E-state index in [2.05, 4.69) is 24.2 Å². The molecule has 0 aliphatic heterocycles. The van der Waals surface area contributed by atoms with Crippen LogP contribution in [-0.4, -0.2) is 60.1 Å². The molecule has 0 aliphatic rings. The highest BCUT2D eigenvalue weighted by atomic mass is 31.2. The number of ether oxygens (including phenoxy) is 1. The van der Waals surface area contributed by atoms with Crippen molar-refractivity contribution in [1.82, 2.24) is 19.5 Å². The van der Waals surface area contributed by atoms with Gasteiger partial charge in [0.2, 0.25) is 11.7 Å². The van der Waals surface area contributed by atoms with E-state index in [1.165, 1.54) is 0 Å². The number of phosphoric ester groups is 1. The van der Waals surface area contributed by atoms with Crippen molar-refractivity contribution in [3.8, 4) is 0 Å². The van der Waals surface area contributed by atoms with E-state index >= 15 is 4.39 Å². The SMILES string of the molecule is CO[C@](F)(COP(=O)(O)O)[C@@H](O)[C@@](C)(F)n1cnc2c(=O)[nH]c(N)nc21. The number of phosphoric acid groups is 1. The van der Waals surface area contributed by atoms with Crippen LogP contribution in [0.25, 0.3) is 11.2 Å². The van der Waals surface area contributed by atoms with Gasteiger partial charge in [0.25, 0.3) is 11.4 Å². The van der Waals surface area contributed by atoms with Gasteiger partial charge >= 0.3 is 7.82 Å². The van der Waals surface area contributed by atoms with E-state index in [9.17, 15) is 18.9 Å². The van der Waals surface area contributed by atoms with Gasteiger partial charge in [0.05, 0.1) is 6.33 Å². The minimum absolute atomic E-state index is 0.330. The lowest BCUT2D eigenvalue weighted by atomic mass is 10.0. The van der Waals surface area contributed by atoms with Crippen LogP contribution in [0.15, 0.2) is 11.1 Å². The molecule has 0 radical (unpaired) electrons. The highest BCUT2D eigenvalue weighted by molar-refractivity contribution is 7.46. The molecule has 12 nitrogen and oxygen atoms in total. The summed E-state index contributed by atoms with van der Waals surface area (Å²) in [5.74, 6) is -6.78. The fourth-order valence-corrected chi connectivity index (χ4v) is 2.54. The van der Waals surface area contributed by atoms with Crippen molar-refractivity contribution in [3.05, 3.63) is 16.7 Å². The molecule has 15 heteroatoms. The molecule has 6 N–H and O–H groups in total. The van der Waals surface area contributed by atoms with E-state index in [0.29, 0.717) is 11.5 Å². The molecule has 2 aromatic rings. The molecule has 0 bridgehead atoms. The average Bonchev–Trinajstić information content (AvgIpc) is 2.96. The van der Waals surface area contributed by atoms with Crippen LogP contribution in [0, 0.1) is 0 Å². The van der Waals surface area contributed by atoms with Crippen molar-refractivity contribution in [2.75, 3.05) is 19.5 Å². The molecular weight excluding hydrogens is 383 g/mol. The second kappa shape index (κ2) is 6.64. The number of aromatic nitrogens is 4. The number of nitrogens with zero attached hydrogens (tertiary/aromatic N) is 3. The molecule has 3 atom stereocenters. The number of fused-ring (bicyclic) bond motifs is 1. The number of H-pyrrole nitrogens is 1. The number of rotatable bonds is 7. The molecule has 0 fully saturated rings. The zero-order chi connectivity index (χ0) is 19.9. The van der Waals surface area contributed by atoms with Crippen molar-refractivity contribution in [1.29, 1.82) is 0 Å². The number of halogens is 2. The Morgan fingerprint density at radius 1 is 1.50 bits per heavy atom. The molecule has 0 amide bonds.